The number of nitrogens with two attached hydrogens (primary N) is 3. The molecule has 0 aromatic heterocycles. The van der Waals surface area contributed by atoms with Crippen molar-refractivity contribution in [3.63, 3.8) is 0 Å². The number of hydrogen-bond acceptors (Lipinski definition) is 16. The van der Waals surface area contributed by atoms with Crippen LogP contribution in [0, 0.1) is 11.8 Å². The third-order valence-electron chi connectivity index (χ3n) is 4.89. The van der Waals surface area contributed by atoms with Crippen molar-refractivity contribution >= 4 is 83.2 Å². The molecule has 19 heteroatoms. The normalized spacial score (nSPS) is 12.0. The van der Waals surface area contributed by atoms with E-state index in [1.54, 1.807) is 59.5 Å². The Morgan fingerprint density at radius 1 is 0.628 bits per heavy atom. The highest BCUT2D eigenvalue weighted by molar-refractivity contribution is 7.99. The van der Waals surface area contributed by atoms with Gasteiger partial charge in [-0.3, -0.25) is 29.6 Å². The Morgan fingerprint density at radius 3 is 1.28 bits per heavy atom. The van der Waals surface area contributed by atoms with Gasteiger partial charge >= 0.3 is 11.9 Å². The van der Waals surface area contributed by atoms with Gasteiger partial charge in [0.25, 0.3) is 5.91 Å². The summed E-state index contributed by atoms with van der Waals surface area (Å²) in [4.78, 5) is 42.6. The second kappa shape index (κ2) is 43.5. The van der Waals surface area contributed by atoms with Crippen molar-refractivity contribution < 1.29 is 44.3 Å². The van der Waals surface area contributed by atoms with E-state index in [0.29, 0.717) is 12.8 Å². The van der Waals surface area contributed by atoms with Gasteiger partial charge in [-0.05, 0) is 73.7 Å². The van der Waals surface area contributed by atoms with Crippen LogP contribution in [0.4, 0.5) is 0 Å². The van der Waals surface area contributed by atoms with E-state index < -0.39 is 18.0 Å². The maximum atomic E-state index is 10.8. The van der Waals surface area contributed by atoms with Crippen LogP contribution in [-0.4, -0.2) is 114 Å². The summed E-state index contributed by atoms with van der Waals surface area (Å²) in [5.74, 6) is 5.93. The maximum absolute atomic E-state index is 10.8. The SMILES string of the molecule is COC(=O)[C@@H](C)CCSC.COC(=O)[C@@H](N)CCSC.CSCC[C@H](C)C(=O)NO.CSCC[C@H](N)C(=O)NO.Cl.NO. The highest BCUT2D eigenvalue weighted by Crippen LogP contribution is 2.08. The summed E-state index contributed by atoms with van der Waals surface area (Å²) >= 11 is 6.73. The van der Waals surface area contributed by atoms with Crippen LogP contribution in [0.5, 0.6) is 0 Å². The lowest BCUT2D eigenvalue weighted by atomic mass is 10.1. The number of methoxy groups -OCH3 is 2. The summed E-state index contributed by atoms with van der Waals surface area (Å²) in [5, 5.41) is 22.8. The van der Waals surface area contributed by atoms with Gasteiger partial charge in [-0.1, -0.05) is 13.8 Å². The Morgan fingerprint density at radius 2 is 0.953 bits per heavy atom. The lowest BCUT2D eigenvalue weighted by molar-refractivity contribution is -0.145. The molecule has 0 aliphatic carbocycles. The van der Waals surface area contributed by atoms with Gasteiger partial charge in [0, 0.05) is 5.92 Å². The number of ether oxygens (including phenoxy) is 2. The van der Waals surface area contributed by atoms with Crippen LogP contribution in [-0.2, 0) is 28.7 Å². The fraction of sp³-hybridized carbons (Fsp3) is 0.833. The standard InChI is InChI=1S/C7H14O2S.2C6H13NO2S.C5H12N2O2S.ClH.H3NO/c1-6(4-5-10-3)7(8)9-2;1-9-6(8)5(7)3-4-10-2;1-5(3-4-10-2)6(8)7-9;1-10-3-2-4(6)5(8)7-9;;1-2/h6H,4-5H2,1-3H3;5H,3-4,7H2,1-2H3;5,9H,3-4H2,1-2H3,(H,7,8);4,9H,2-3,6H2,1H3,(H,7,8);1H;2H,1H2/t6-;2*5-;4-;;/m0000../s1. The number of carbonyl (C=O) groups excluding carboxylic acids is 4. The molecule has 0 saturated heterocycles. The Balaban J connectivity index is -0.000000103. The Bertz CT molecular complexity index is 548. The number of thioether (sulfide) groups is 4. The molecule has 0 bridgehead atoms. The van der Waals surface area contributed by atoms with Gasteiger partial charge in [0.15, 0.2) is 0 Å². The number of rotatable bonds is 16. The zero-order valence-corrected chi connectivity index (χ0v) is 30.6. The Kier molecular flexibility index (Phi) is 55.4. The molecular weight excluding hydrogens is 666 g/mol. The molecule has 0 aromatic carbocycles. The van der Waals surface area contributed by atoms with Crippen LogP contribution in [0.15, 0.2) is 0 Å². The predicted octanol–water partition coefficient (Wildman–Crippen LogP) is 2.00. The van der Waals surface area contributed by atoms with Crippen LogP contribution in [0.25, 0.3) is 0 Å². The molecule has 0 heterocycles. The molecule has 0 aliphatic rings. The third kappa shape index (κ3) is 41.3. The molecule has 14 nitrogen and oxygen atoms in total. The quantitative estimate of drug-likeness (QED) is 0.0645. The van der Waals surface area contributed by atoms with E-state index in [0.717, 1.165) is 35.9 Å². The number of hydroxylamine groups is 2. The molecule has 0 spiro atoms. The zero-order chi connectivity index (χ0) is 33.9. The van der Waals surface area contributed by atoms with Crippen LogP contribution in [0.1, 0.15) is 39.5 Å². The summed E-state index contributed by atoms with van der Waals surface area (Å²) in [5.41, 5.74) is 13.9. The summed E-state index contributed by atoms with van der Waals surface area (Å²) < 4.78 is 9.00. The smallest absolute Gasteiger partial charge is 0.322 e. The second-order valence-electron chi connectivity index (χ2n) is 8.14. The third-order valence-corrected chi connectivity index (χ3v) is 7.46. The zero-order valence-electron chi connectivity index (χ0n) is 26.5. The molecule has 4 atom stereocenters. The van der Waals surface area contributed by atoms with Gasteiger partial charge in [0.2, 0.25) is 5.91 Å². The predicted molar refractivity (Wildman–Crippen MR) is 183 cm³/mol. The molecule has 262 valence electrons. The highest BCUT2D eigenvalue weighted by Gasteiger charge is 2.13. The Hall–Kier alpha value is -0.670. The fourth-order valence-electron chi connectivity index (χ4n) is 2.12. The van der Waals surface area contributed by atoms with Gasteiger partial charge in [0.05, 0.1) is 26.2 Å². The minimum Gasteiger partial charge on any atom is -0.469 e. The van der Waals surface area contributed by atoms with E-state index in [-0.39, 0.29) is 42.1 Å². The van der Waals surface area contributed by atoms with Crippen molar-refractivity contribution in [1.82, 2.24) is 11.0 Å². The van der Waals surface area contributed by atoms with Crippen molar-refractivity contribution in [3.8, 4) is 0 Å². The van der Waals surface area contributed by atoms with Crippen LogP contribution in [0.2, 0.25) is 0 Å². The van der Waals surface area contributed by atoms with Crippen molar-refractivity contribution in [3.05, 3.63) is 0 Å². The van der Waals surface area contributed by atoms with Crippen molar-refractivity contribution in [2.45, 2.75) is 51.6 Å². The highest BCUT2D eigenvalue weighted by atomic mass is 35.5. The lowest BCUT2D eigenvalue weighted by Gasteiger charge is -2.06. The first kappa shape index (κ1) is 54.8. The molecule has 43 heavy (non-hydrogen) atoms. The fourth-order valence-corrected chi connectivity index (χ4v) is 4.28. The van der Waals surface area contributed by atoms with Crippen LogP contribution < -0.4 is 28.3 Å². The first-order chi connectivity index (χ1) is 19.9. The number of amides is 2. The molecule has 0 aromatic rings. The molecule has 0 saturated carbocycles. The summed E-state index contributed by atoms with van der Waals surface area (Å²) in [6.07, 6.45) is 10.9. The van der Waals surface area contributed by atoms with Crippen LogP contribution in [0.3, 0.4) is 0 Å². The second-order valence-corrected chi connectivity index (χ2v) is 12.1. The molecular formula is C24H56ClN5O9S4. The summed E-state index contributed by atoms with van der Waals surface area (Å²) in [7, 11) is 2.78. The van der Waals surface area contributed by atoms with Crippen LogP contribution >= 0.6 is 59.5 Å². The van der Waals surface area contributed by atoms with E-state index >= 15 is 0 Å². The van der Waals surface area contributed by atoms with Gasteiger partial charge < -0.3 is 26.1 Å². The van der Waals surface area contributed by atoms with E-state index in [4.69, 9.17) is 27.1 Å². The van der Waals surface area contributed by atoms with Gasteiger partial charge in [-0.15, -0.1) is 12.4 Å². The molecule has 0 radical (unpaired) electrons. The average Bonchev–Trinajstić information content (AvgIpc) is 3.03. The maximum Gasteiger partial charge on any atom is 0.322 e. The number of esters is 2. The molecule has 0 rings (SSSR count). The average molecular weight is 722 g/mol. The largest absolute Gasteiger partial charge is 0.469 e. The monoisotopic (exact) mass is 721 g/mol. The molecule has 0 aliphatic heterocycles. The topological polar surface area (TPSA) is 250 Å². The molecule has 0 unspecified atom stereocenters. The molecule has 0 fully saturated rings. The number of nitrogens with one attached hydrogen (secondary N) is 2. The lowest BCUT2D eigenvalue weighted by Crippen LogP contribution is -2.39. The van der Waals surface area contributed by atoms with Gasteiger partial charge in [-0.2, -0.15) is 47.0 Å². The van der Waals surface area contributed by atoms with Crippen molar-refractivity contribution in [2.24, 2.45) is 29.2 Å². The Labute approximate surface area is 280 Å². The van der Waals surface area contributed by atoms with E-state index in [1.807, 2.05) is 31.9 Å². The van der Waals surface area contributed by atoms with Gasteiger partial charge in [0.1, 0.15) is 6.04 Å². The van der Waals surface area contributed by atoms with Crippen molar-refractivity contribution in [2.75, 3.05) is 62.3 Å². The number of carbonyl (C=O) groups is 4. The molecule has 2 amide bonds. The summed E-state index contributed by atoms with van der Waals surface area (Å²) in [6, 6.07) is -1.03. The number of hydrogen-bond donors (Lipinski definition) is 8. The van der Waals surface area contributed by atoms with E-state index in [9.17, 15) is 19.2 Å². The first-order valence-electron chi connectivity index (χ1n) is 12.6. The first-order valence-corrected chi connectivity index (χ1v) is 18.2. The minimum absolute atomic E-state index is 0. The molecule has 11 N–H and O–H groups in total. The number of halogens is 1. The summed E-state index contributed by atoms with van der Waals surface area (Å²) in [6.45, 7) is 3.68. The van der Waals surface area contributed by atoms with Gasteiger partial charge in [-0.25, -0.2) is 16.9 Å². The van der Waals surface area contributed by atoms with E-state index in [2.05, 4.69) is 15.4 Å². The minimum atomic E-state index is -0.586. The van der Waals surface area contributed by atoms with Crippen molar-refractivity contribution in [1.29, 1.82) is 0 Å². The van der Waals surface area contributed by atoms with E-state index in [1.165, 1.54) is 19.7 Å².